The third kappa shape index (κ3) is 4.75. The number of aromatic nitrogens is 3. The van der Waals surface area contributed by atoms with E-state index in [0.717, 1.165) is 40.5 Å². The summed E-state index contributed by atoms with van der Waals surface area (Å²) >= 11 is 6.70. The monoisotopic (exact) mass is 490 g/mol. The van der Waals surface area contributed by atoms with Crippen molar-refractivity contribution in [2.45, 2.75) is 50.7 Å². The van der Waals surface area contributed by atoms with Gasteiger partial charge in [-0.15, -0.1) is 21.5 Å². The number of anilines is 1. The van der Waals surface area contributed by atoms with Crippen molar-refractivity contribution in [1.29, 1.82) is 0 Å². The van der Waals surface area contributed by atoms with E-state index in [0.29, 0.717) is 5.75 Å². The van der Waals surface area contributed by atoms with Crippen molar-refractivity contribution in [3.8, 4) is 11.4 Å². The highest BCUT2D eigenvalue weighted by atomic mass is 79.9. The number of rotatable bonds is 7. The highest BCUT2D eigenvalue weighted by Gasteiger charge is 2.22. The summed E-state index contributed by atoms with van der Waals surface area (Å²) in [5.41, 5.74) is 3.48. The number of thiophene rings is 1. The van der Waals surface area contributed by atoms with E-state index in [-0.39, 0.29) is 5.91 Å². The lowest BCUT2D eigenvalue weighted by Gasteiger charge is -2.13. The van der Waals surface area contributed by atoms with Crippen LogP contribution in [-0.2, 0) is 24.2 Å². The molecule has 0 unspecified atom stereocenters. The van der Waals surface area contributed by atoms with Gasteiger partial charge in [0.25, 0.3) is 0 Å². The minimum absolute atomic E-state index is 0.0437. The third-order valence-electron chi connectivity index (χ3n) is 4.93. The van der Waals surface area contributed by atoms with Crippen LogP contribution in [0.2, 0.25) is 0 Å². The van der Waals surface area contributed by atoms with Gasteiger partial charge in [0.1, 0.15) is 0 Å². The summed E-state index contributed by atoms with van der Waals surface area (Å²) < 4.78 is 3.16. The number of halogens is 1. The highest BCUT2D eigenvalue weighted by molar-refractivity contribution is 9.10. The van der Waals surface area contributed by atoms with E-state index in [1.54, 1.807) is 0 Å². The van der Waals surface area contributed by atoms with Gasteiger partial charge < -0.3 is 9.88 Å². The fraction of sp³-hybridized carbons (Fsp3) is 0.381. The van der Waals surface area contributed by atoms with E-state index in [9.17, 15) is 4.79 Å². The van der Waals surface area contributed by atoms with Crippen LogP contribution in [0.1, 0.15) is 36.6 Å². The second kappa shape index (κ2) is 9.45. The molecule has 0 saturated carbocycles. The number of thioether (sulfide) groups is 1. The van der Waals surface area contributed by atoms with Crippen LogP contribution in [0.25, 0.3) is 11.4 Å². The molecular formula is C21H23BrN4OS2. The summed E-state index contributed by atoms with van der Waals surface area (Å²) in [4.78, 5) is 13.9. The zero-order valence-electron chi connectivity index (χ0n) is 16.3. The quantitative estimate of drug-likeness (QED) is 0.425. The summed E-state index contributed by atoms with van der Waals surface area (Å²) in [5.74, 6) is 1.21. The van der Waals surface area contributed by atoms with E-state index in [4.69, 9.17) is 0 Å². The van der Waals surface area contributed by atoms with Crippen molar-refractivity contribution in [3.63, 3.8) is 0 Å². The molecule has 2 heterocycles. The van der Waals surface area contributed by atoms with Gasteiger partial charge in [-0.25, -0.2) is 0 Å². The molecule has 29 heavy (non-hydrogen) atoms. The zero-order chi connectivity index (χ0) is 20.2. The first-order valence-corrected chi connectivity index (χ1v) is 12.5. The fourth-order valence-corrected chi connectivity index (χ4v) is 5.71. The minimum Gasteiger partial charge on any atom is -0.325 e. The molecule has 0 saturated heterocycles. The van der Waals surface area contributed by atoms with Gasteiger partial charge in [-0.2, -0.15) is 0 Å². The Hall–Kier alpha value is -1.64. The molecule has 0 aliphatic heterocycles. The number of nitrogens with zero attached hydrogens (tertiary/aromatic N) is 3. The first kappa shape index (κ1) is 20.6. The second-order valence-corrected chi connectivity index (χ2v) is 9.88. The third-order valence-corrected chi connectivity index (χ3v) is 7.51. The fourth-order valence-electron chi connectivity index (χ4n) is 3.56. The lowest BCUT2D eigenvalue weighted by Crippen LogP contribution is -2.14. The first-order chi connectivity index (χ1) is 14.2. The molecule has 0 radical (unpaired) electrons. The molecule has 3 aromatic rings. The standard InChI is InChI=1S/C21H23BrN4OS2/c1-2-11-26-20(17-12-28-18-6-4-3-5-16(17)18)24-25-21(26)29-13-19(27)23-15-9-7-14(22)8-10-15/h7-10,12H,2-6,11,13H2,1H3,(H,23,27). The number of nitrogens with one attached hydrogen (secondary N) is 1. The molecule has 0 bridgehead atoms. The smallest absolute Gasteiger partial charge is 0.234 e. The van der Waals surface area contributed by atoms with Gasteiger partial charge in [0.2, 0.25) is 5.91 Å². The molecule has 8 heteroatoms. The molecule has 5 nitrogen and oxygen atoms in total. The maximum absolute atomic E-state index is 12.4. The van der Waals surface area contributed by atoms with Gasteiger partial charge in [-0.05, 0) is 61.9 Å². The minimum atomic E-state index is -0.0437. The number of hydrogen-bond acceptors (Lipinski definition) is 5. The van der Waals surface area contributed by atoms with Crippen molar-refractivity contribution in [2.24, 2.45) is 0 Å². The molecule has 1 N–H and O–H groups in total. The summed E-state index contributed by atoms with van der Waals surface area (Å²) in [5, 5.41) is 14.9. The summed E-state index contributed by atoms with van der Waals surface area (Å²) in [6, 6.07) is 7.58. The predicted molar refractivity (Wildman–Crippen MR) is 124 cm³/mol. The maximum Gasteiger partial charge on any atom is 0.234 e. The van der Waals surface area contributed by atoms with Gasteiger partial charge in [0, 0.05) is 32.5 Å². The molecule has 152 valence electrons. The van der Waals surface area contributed by atoms with Crippen LogP contribution in [0, 0.1) is 0 Å². The average molecular weight is 491 g/mol. The molecule has 0 spiro atoms. The largest absolute Gasteiger partial charge is 0.325 e. The number of aryl methyl sites for hydroxylation is 1. The van der Waals surface area contributed by atoms with Crippen molar-refractivity contribution < 1.29 is 4.79 Å². The van der Waals surface area contributed by atoms with Crippen LogP contribution < -0.4 is 5.32 Å². The van der Waals surface area contributed by atoms with Crippen LogP contribution in [0.4, 0.5) is 5.69 Å². The number of carbonyl (C=O) groups is 1. The second-order valence-electron chi connectivity index (χ2n) is 7.06. The molecule has 0 fully saturated rings. The van der Waals surface area contributed by atoms with Crippen LogP contribution >= 0.6 is 39.0 Å². The Morgan fingerprint density at radius 3 is 2.83 bits per heavy atom. The number of hydrogen-bond donors (Lipinski definition) is 1. The molecule has 0 atom stereocenters. The van der Waals surface area contributed by atoms with Gasteiger partial charge in [0.05, 0.1) is 5.75 Å². The van der Waals surface area contributed by atoms with Crippen LogP contribution in [0.5, 0.6) is 0 Å². The molecule has 1 aromatic carbocycles. The maximum atomic E-state index is 12.4. The summed E-state index contributed by atoms with van der Waals surface area (Å²) in [7, 11) is 0. The Morgan fingerprint density at radius 2 is 2.03 bits per heavy atom. The SMILES string of the molecule is CCCn1c(SCC(=O)Nc2ccc(Br)cc2)nnc1-c1csc2c1CCCC2. The summed E-state index contributed by atoms with van der Waals surface area (Å²) in [6.45, 7) is 3.01. The Labute approximate surface area is 187 Å². The number of carbonyl (C=O) groups excluding carboxylic acids is 1. The Bertz CT molecular complexity index is 997. The van der Waals surface area contributed by atoms with Gasteiger partial charge in [0.15, 0.2) is 11.0 Å². The van der Waals surface area contributed by atoms with Gasteiger partial charge in [-0.3, -0.25) is 4.79 Å². The lowest BCUT2D eigenvalue weighted by molar-refractivity contribution is -0.113. The van der Waals surface area contributed by atoms with Crippen molar-refractivity contribution in [3.05, 3.63) is 44.6 Å². The Kier molecular flexibility index (Phi) is 6.72. The van der Waals surface area contributed by atoms with E-state index >= 15 is 0 Å². The Morgan fingerprint density at radius 1 is 1.24 bits per heavy atom. The van der Waals surface area contributed by atoms with Crippen LogP contribution in [0.3, 0.4) is 0 Å². The van der Waals surface area contributed by atoms with E-state index in [1.165, 1.54) is 47.0 Å². The lowest BCUT2D eigenvalue weighted by atomic mass is 9.95. The average Bonchev–Trinajstić information content (AvgIpc) is 3.32. The molecule has 1 aliphatic rings. The predicted octanol–water partition coefficient (Wildman–Crippen LogP) is 5.79. The van der Waals surface area contributed by atoms with Gasteiger partial charge in [-0.1, -0.05) is 34.6 Å². The van der Waals surface area contributed by atoms with Crippen LogP contribution in [0.15, 0.2) is 39.3 Å². The molecule has 1 amide bonds. The van der Waals surface area contributed by atoms with E-state index in [2.05, 4.69) is 48.3 Å². The molecule has 2 aromatic heterocycles. The van der Waals surface area contributed by atoms with E-state index in [1.807, 2.05) is 35.6 Å². The van der Waals surface area contributed by atoms with Crippen molar-refractivity contribution in [2.75, 3.05) is 11.1 Å². The summed E-state index contributed by atoms with van der Waals surface area (Å²) in [6.07, 6.45) is 5.83. The number of benzene rings is 1. The number of amides is 1. The topological polar surface area (TPSA) is 59.8 Å². The normalized spacial score (nSPS) is 13.3. The van der Waals surface area contributed by atoms with Gasteiger partial charge >= 0.3 is 0 Å². The Balaban J connectivity index is 1.49. The molecular weight excluding hydrogens is 468 g/mol. The zero-order valence-corrected chi connectivity index (χ0v) is 19.5. The van der Waals surface area contributed by atoms with Crippen molar-refractivity contribution in [1.82, 2.24) is 14.8 Å². The van der Waals surface area contributed by atoms with Crippen molar-refractivity contribution >= 4 is 50.6 Å². The highest BCUT2D eigenvalue weighted by Crippen LogP contribution is 2.37. The number of fused-ring (bicyclic) bond motifs is 1. The first-order valence-electron chi connectivity index (χ1n) is 9.86. The molecule has 1 aliphatic carbocycles. The van der Waals surface area contributed by atoms with Crippen LogP contribution in [-0.4, -0.2) is 26.4 Å². The molecule has 4 rings (SSSR count). The van der Waals surface area contributed by atoms with E-state index < -0.39 is 0 Å².